The smallest absolute Gasteiger partial charge is 0.309 e. The lowest BCUT2D eigenvalue weighted by Gasteiger charge is -2.21. The van der Waals surface area contributed by atoms with E-state index < -0.39 is 11.2 Å². The molecule has 6 nitrogen and oxygen atoms in total. The van der Waals surface area contributed by atoms with E-state index in [1.165, 1.54) is 35.5 Å². The largest absolute Gasteiger partial charge is 0.330 e. The molecule has 0 aliphatic carbocycles. The van der Waals surface area contributed by atoms with Gasteiger partial charge >= 0.3 is 5.69 Å². The molecule has 0 saturated heterocycles. The molecule has 0 spiro atoms. The fourth-order valence-corrected chi connectivity index (χ4v) is 3.12. The summed E-state index contributed by atoms with van der Waals surface area (Å²) in [4.78, 5) is 38.3. The monoisotopic (exact) mass is 339 g/mol. The van der Waals surface area contributed by atoms with Crippen LogP contribution in [0.3, 0.4) is 0 Å². The van der Waals surface area contributed by atoms with E-state index in [2.05, 4.69) is 0 Å². The quantitative estimate of drug-likeness (QED) is 0.778. The first-order chi connectivity index (χ1) is 12.0. The number of fused-ring (bicyclic) bond motifs is 1. The molecule has 1 aliphatic heterocycles. The van der Waals surface area contributed by atoms with E-state index in [-0.39, 0.29) is 5.91 Å². The van der Waals surface area contributed by atoms with Gasteiger partial charge in [0.1, 0.15) is 0 Å². The molecule has 0 bridgehead atoms. The number of nitrogens with zero attached hydrogens (tertiary/aromatic N) is 3. The van der Waals surface area contributed by atoms with Crippen LogP contribution in [0.2, 0.25) is 0 Å². The van der Waals surface area contributed by atoms with Crippen molar-refractivity contribution in [2.45, 2.75) is 19.3 Å². The number of aromatic nitrogens is 2. The van der Waals surface area contributed by atoms with Crippen molar-refractivity contribution in [3.63, 3.8) is 0 Å². The maximum absolute atomic E-state index is 12.7. The lowest BCUT2D eigenvalue weighted by Crippen LogP contribution is -2.37. The van der Waals surface area contributed by atoms with Gasteiger partial charge < -0.3 is 9.47 Å². The third kappa shape index (κ3) is 3.33. The molecule has 2 aromatic rings. The topological polar surface area (TPSA) is 64.3 Å². The second-order valence-electron chi connectivity index (χ2n) is 6.25. The van der Waals surface area contributed by atoms with E-state index in [0.717, 1.165) is 29.5 Å². The summed E-state index contributed by atoms with van der Waals surface area (Å²) in [5.74, 6) is -0.162. The summed E-state index contributed by atoms with van der Waals surface area (Å²) in [5.41, 5.74) is 1.60. The highest BCUT2D eigenvalue weighted by molar-refractivity contribution is 6.04. The van der Waals surface area contributed by atoms with Crippen molar-refractivity contribution in [3.05, 3.63) is 68.5 Å². The summed E-state index contributed by atoms with van der Waals surface area (Å²) >= 11 is 0. The SMILES string of the molecule is Cn1cc(C=CC(=O)N2CCCCc3ccccc32)c(=O)n(C)c1=O. The Morgan fingerprint density at radius 2 is 1.88 bits per heavy atom. The number of carbonyl (C=O) groups is 1. The van der Waals surface area contributed by atoms with Gasteiger partial charge in [0.2, 0.25) is 0 Å². The minimum atomic E-state index is -0.414. The summed E-state index contributed by atoms with van der Waals surface area (Å²) in [6.45, 7) is 0.658. The van der Waals surface area contributed by atoms with E-state index in [1.807, 2.05) is 24.3 Å². The number of carbonyl (C=O) groups excluding carboxylic acids is 1. The number of amides is 1. The lowest BCUT2D eigenvalue weighted by molar-refractivity contribution is -0.114. The second-order valence-corrected chi connectivity index (χ2v) is 6.25. The van der Waals surface area contributed by atoms with E-state index in [9.17, 15) is 14.4 Å². The summed E-state index contributed by atoms with van der Waals surface area (Å²) in [5, 5.41) is 0. The van der Waals surface area contributed by atoms with Gasteiger partial charge in [0.25, 0.3) is 11.5 Å². The summed E-state index contributed by atoms with van der Waals surface area (Å²) in [6, 6.07) is 7.92. The Kier molecular flexibility index (Phi) is 4.70. The first-order valence-corrected chi connectivity index (χ1v) is 8.33. The molecule has 1 aromatic heterocycles. The van der Waals surface area contributed by atoms with E-state index >= 15 is 0 Å². The molecule has 2 heterocycles. The average molecular weight is 339 g/mol. The van der Waals surface area contributed by atoms with Crippen molar-refractivity contribution in [2.24, 2.45) is 14.1 Å². The number of para-hydroxylation sites is 1. The highest BCUT2D eigenvalue weighted by atomic mass is 16.2. The first-order valence-electron chi connectivity index (χ1n) is 8.33. The predicted molar refractivity (Wildman–Crippen MR) is 97.7 cm³/mol. The number of rotatable bonds is 2. The number of anilines is 1. The van der Waals surface area contributed by atoms with Crippen molar-refractivity contribution < 1.29 is 4.79 Å². The molecule has 0 radical (unpaired) electrons. The van der Waals surface area contributed by atoms with Crippen LogP contribution in [0.4, 0.5) is 5.69 Å². The van der Waals surface area contributed by atoms with Gasteiger partial charge in [-0.05, 0) is 37.0 Å². The molecule has 6 heteroatoms. The highest BCUT2D eigenvalue weighted by Gasteiger charge is 2.19. The Morgan fingerprint density at radius 1 is 1.12 bits per heavy atom. The van der Waals surface area contributed by atoms with Gasteiger partial charge in [0, 0.05) is 38.6 Å². The standard InChI is InChI=1S/C19H21N3O3/c1-20-13-15(18(24)21(2)19(20)25)10-11-17(23)22-12-6-5-8-14-7-3-4-9-16(14)22/h3-4,7,9-11,13H,5-6,8,12H2,1-2H3. The molecule has 0 unspecified atom stereocenters. The van der Waals surface area contributed by atoms with Gasteiger partial charge in [0.15, 0.2) is 0 Å². The first kappa shape index (κ1) is 17.0. The van der Waals surface area contributed by atoms with Gasteiger partial charge in [-0.25, -0.2) is 4.79 Å². The molecule has 0 N–H and O–H groups in total. The highest BCUT2D eigenvalue weighted by Crippen LogP contribution is 2.26. The van der Waals surface area contributed by atoms with E-state index in [4.69, 9.17) is 0 Å². The van der Waals surface area contributed by atoms with Gasteiger partial charge in [-0.2, -0.15) is 0 Å². The zero-order valence-electron chi connectivity index (χ0n) is 14.4. The van der Waals surface area contributed by atoms with Crippen molar-refractivity contribution >= 4 is 17.7 Å². The molecule has 0 saturated carbocycles. The molecule has 0 fully saturated rings. The third-order valence-electron chi connectivity index (χ3n) is 4.50. The Hall–Kier alpha value is -2.89. The Balaban J connectivity index is 1.92. The fourth-order valence-electron chi connectivity index (χ4n) is 3.12. The molecule has 3 rings (SSSR count). The number of benzene rings is 1. The number of hydrogen-bond acceptors (Lipinski definition) is 3. The second kappa shape index (κ2) is 6.93. The fraction of sp³-hybridized carbons (Fsp3) is 0.316. The summed E-state index contributed by atoms with van der Waals surface area (Å²) in [7, 11) is 3.00. The van der Waals surface area contributed by atoms with Crippen molar-refractivity contribution in [3.8, 4) is 0 Å². The molecule has 1 aliphatic rings. The van der Waals surface area contributed by atoms with E-state index in [1.54, 1.807) is 11.9 Å². The van der Waals surface area contributed by atoms with Crippen LogP contribution in [-0.2, 0) is 25.3 Å². The van der Waals surface area contributed by atoms with E-state index in [0.29, 0.717) is 12.1 Å². The van der Waals surface area contributed by atoms with Crippen LogP contribution in [0.25, 0.3) is 6.08 Å². The van der Waals surface area contributed by atoms with Crippen LogP contribution in [0.15, 0.2) is 46.1 Å². The molecular weight excluding hydrogens is 318 g/mol. The zero-order chi connectivity index (χ0) is 18.0. The van der Waals surface area contributed by atoms with Gasteiger partial charge in [-0.1, -0.05) is 18.2 Å². The third-order valence-corrected chi connectivity index (χ3v) is 4.50. The maximum atomic E-state index is 12.7. The van der Waals surface area contributed by atoms with Crippen LogP contribution >= 0.6 is 0 Å². The van der Waals surface area contributed by atoms with Crippen LogP contribution in [0.5, 0.6) is 0 Å². The predicted octanol–water partition coefficient (Wildman–Crippen LogP) is 1.47. The molecule has 25 heavy (non-hydrogen) atoms. The van der Waals surface area contributed by atoms with Crippen molar-refractivity contribution in [1.29, 1.82) is 0 Å². The minimum Gasteiger partial charge on any atom is -0.309 e. The molecule has 130 valence electrons. The Labute approximate surface area is 145 Å². The normalized spacial score (nSPS) is 14.4. The molecule has 0 atom stereocenters. The van der Waals surface area contributed by atoms with Crippen LogP contribution in [0.1, 0.15) is 24.0 Å². The summed E-state index contributed by atoms with van der Waals surface area (Å²) < 4.78 is 2.36. The van der Waals surface area contributed by atoms with Gasteiger partial charge in [0.05, 0.1) is 5.56 Å². The zero-order valence-corrected chi connectivity index (χ0v) is 14.4. The Bertz CT molecular complexity index is 953. The maximum Gasteiger partial charge on any atom is 0.330 e. The van der Waals surface area contributed by atoms with Crippen molar-refractivity contribution in [1.82, 2.24) is 9.13 Å². The number of hydrogen-bond donors (Lipinski definition) is 0. The van der Waals surface area contributed by atoms with Gasteiger partial charge in [-0.3, -0.25) is 14.2 Å². The molecule has 1 aromatic carbocycles. The Morgan fingerprint density at radius 3 is 2.68 bits per heavy atom. The molecule has 1 amide bonds. The molecular formula is C19H21N3O3. The van der Waals surface area contributed by atoms with Crippen LogP contribution in [0, 0.1) is 0 Å². The summed E-state index contributed by atoms with van der Waals surface area (Å²) in [6.07, 6.45) is 7.29. The van der Waals surface area contributed by atoms with Crippen LogP contribution < -0.4 is 16.1 Å². The van der Waals surface area contributed by atoms with Crippen LogP contribution in [-0.4, -0.2) is 21.6 Å². The lowest BCUT2D eigenvalue weighted by atomic mass is 10.1. The number of aryl methyl sites for hydroxylation is 2. The minimum absolute atomic E-state index is 0.162. The van der Waals surface area contributed by atoms with Gasteiger partial charge in [-0.15, -0.1) is 0 Å². The van der Waals surface area contributed by atoms with Crippen molar-refractivity contribution in [2.75, 3.05) is 11.4 Å². The average Bonchev–Trinajstić information content (AvgIpc) is 2.84.